The van der Waals surface area contributed by atoms with E-state index in [2.05, 4.69) is 26.1 Å². The van der Waals surface area contributed by atoms with Crippen molar-refractivity contribution < 1.29 is 9.18 Å². The van der Waals surface area contributed by atoms with E-state index in [1.54, 1.807) is 34.7 Å². The number of imidazole rings is 1. The lowest BCUT2D eigenvalue weighted by Gasteiger charge is -2.32. The van der Waals surface area contributed by atoms with Crippen LogP contribution in [0.2, 0.25) is 0 Å². The molecule has 3 aromatic rings. The first-order valence-corrected chi connectivity index (χ1v) is 10.5. The van der Waals surface area contributed by atoms with Crippen molar-refractivity contribution in [1.29, 1.82) is 0 Å². The highest BCUT2D eigenvalue weighted by molar-refractivity contribution is 5.94. The zero-order chi connectivity index (χ0) is 22.3. The first kappa shape index (κ1) is 21.1. The van der Waals surface area contributed by atoms with Crippen LogP contribution in [0.3, 0.4) is 0 Å². The van der Waals surface area contributed by atoms with Crippen LogP contribution >= 0.6 is 0 Å². The highest BCUT2D eigenvalue weighted by atomic mass is 19.1. The van der Waals surface area contributed by atoms with E-state index in [1.165, 1.54) is 22.9 Å². The minimum Gasteiger partial charge on any atom is -0.365 e. The quantitative estimate of drug-likeness (QED) is 0.698. The third-order valence-electron chi connectivity index (χ3n) is 5.62. The van der Waals surface area contributed by atoms with E-state index < -0.39 is 0 Å². The van der Waals surface area contributed by atoms with Gasteiger partial charge in [-0.25, -0.2) is 9.37 Å². The Bertz CT molecular complexity index is 1180. The van der Waals surface area contributed by atoms with Crippen molar-refractivity contribution >= 4 is 17.4 Å². The van der Waals surface area contributed by atoms with Crippen molar-refractivity contribution in [1.82, 2.24) is 18.9 Å². The number of nitrogens with one attached hydrogen (secondary N) is 1. The standard InChI is InChI=1S/C23H28FN5O2/c1-23(2,3)26-21-20(25-18-6-5-17(24)14-29(18)21)15-8-11-28(12-9-15)22(31)16-7-10-27(4)19(30)13-16/h5-7,10,13-15,26H,8-9,11-12H2,1-4H3. The number of carbonyl (C=O) groups excluding carboxylic acids is 1. The van der Waals surface area contributed by atoms with Crippen molar-refractivity contribution in [2.75, 3.05) is 18.4 Å². The van der Waals surface area contributed by atoms with E-state index in [9.17, 15) is 14.0 Å². The first-order chi connectivity index (χ1) is 14.6. The molecule has 3 aromatic heterocycles. The zero-order valence-corrected chi connectivity index (χ0v) is 18.4. The number of nitrogens with zero attached hydrogens (tertiary/aromatic N) is 4. The van der Waals surface area contributed by atoms with Gasteiger partial charge in [0.25, 0.3) is 11.5 Å². The molecule has 7 nitrogen and oxygen atoms in total. The van der Waals surface area contributed by atoms with Crippen LogP contribution in [-0.2, 0) is 7.05 Å². The molecule has 31 heavy (non-hydrogen) atoms. The lowest BCUT2D eigenvalue weighted by atomic mass is 9.92. The first-order valence-electron chi connectivity index (χ1n) is 10.5. The molecule has 0 bridgehead atoms. The SMILES string of the molecule is Cn1ccc(C(=O)N2CCC(c3nc4ccc(F)cn4c3NC(C)(C)C)CC2)cc1=O. The van der Waals surface area contributed by atoms with Crippen molar-refractivity contribution in [2.24, 2.45) is 7.05 Å². The van der Waals surface area contributed by atoms with Crippen molar-refractivity contribution in [3.05, 3.63) is 64.1 Å². The number of piperidine rings is 1. The maximum atomic E-state index is 13.9. The van der Waals surface area contributed by atoms with Gasteiger partial charge in [0.15, 0.2) is 0 Å². The summed E-state index contributed by atoms with van der Waals surface area (Å²) >= 11 is 0. The Morgan fingerprint density at radius 3 is 2.55 bits per heavy atom. The Balaban J connectivity index is 1.57. The summed E-state index contributed by atoms with van der Waals surface area (Å²) in [6.07, 6.45) is 4.57. The molecule has 0 unspecified atom stereocenters. The molecule has 1 aliphatic heterocycles. The highest BCUT2D eigenvalue weighted by Crippen LogP contribution is 2.35. The monoisotopic (exact) mass is 425 g/mol. The molecule has 0 atom stereocenters. The Kier molecular flexibility index (Phi) is 5.33. The molecular weight excluding hydrogens is 397 g/mol. The lowest BCUT2D eigenvalue weighted by Crippen LogP contribution is -2.38. The average molecular weight is 426 g/mol. The average Bonchev–Trinajstić information content (AvgIpc) is 3.05. The number of aryl methyl sites for hydroxylation is 1. The number of carbonyl (C=O) groups is 1. The summed E-state index contributed by atoms with van der Waals surface area (Å²) in [6, 6.07) is 6.16. The minimum absolute atomic E-state index is 0.124. The van der Waals surface area contributed by atoms with Crippen LogP contribution < -0.4 is 10.9 Å². The summed E-state index contributed by atoms with van der Waals surface area (Å²) < 4.78 is 17.1. The van der Waals surface area contributed by atoms with E-state index >= 15 is 0 Å². The Morgan fingerprint density at radius 1 is 1.19 bits per heavy atom. The van der Waals surface area contributed by atoms with Crippen molar-refractivity contribution in [3.8, 4) is 0 Å². The Morgan fingerprint density at radius 2 is 1.90 bits per heavy atom. The van der Waals surface area contributed by atoms with Gasteiger partial charge in [0, 0.05) is 55.6 Å². The zero-order valence-electron chi connectivity index (χ0n) is 18.4. The van der Waals surface area contributed by atoms with Crippen LogP contribution in [0.5, 0.6) is 0 Å². The van der Waals surface area contributed by atoms with Gasteiger partial charge in [-0.3, -0.25) is 14.0 Å². The highest BCUT2D eigenvalue weighted by Gasteiger charge is 2.30. The number of fused-ring (bicyclic) bond motifs is 1. The summed E-state index contributed by atoms with van der Waals surface area (Å²) in [4.78, 5) is 31.3. The van der Waals surface area contributed by atoms with Gasteiger partial charge in [0.1, 0.15) is 17.3 Å². The molecule has 4 rings (SSSR count). The third-order valence-corrected chi connectivity index (χ3v) is 5.62. The molecule has 0 radical (unpaired) electrons. The topological polar surface area (TPSA) is 71.6 Å². The maximum absolute atomic E-state index is 13.9. The number of anilines is 1. The summed E-state index contributed by atoms with van der Waals surface area (Å²) in [7, 11) is 1.66. The molecule has 0 aromatic carbocycles. The van der Waals surface area contributed by atoms with E-state index in [0.717, 1.165) is 24.4 Å². The van der Waals surface area contributed by atoms with Crippen molar-refractivity contribution in [2.45, 2.75) is 45.1 Å². The van der Waals surface area contributed by atoms with Crippen LogP contribution in [0.15, 0.2) is 41.5 Å². The summed E-state index contributed by atoms with van der Waals surface area (Å²) in [5.74, 6) is 0.517. The number of likely N-dealkylation sites (tertiary alicyclic amines) is 1. The number of amides is 1. The fourth-order valence-electron chi connectivity index (χ4n) is 4.02. The molecule has 1 N–H and O–H groups in total. The number of pyridine rings is 2. The van der Waals surface area contributed by atoms with Gasteiger partial charge in [-0.1, -0.05) is 0 Å². The number of hydrogen-bond donors (Lipinski definition) is 1. The molecule has 0 aliphatic carbocycles. The molecule has 4 heterocycles. The largest absolute Gasteiger partial charge is 0.365 e. The molecule has 1 saturated heterocycles. The second kappa shape index (κ2) is 7.83. The molecule has 1 amide bonds. The van der Waals surface area contributed by atoms with Gasteiger partial charge < -0.3 is 14.8 Å². The predicted molar refractivity (Wildman–Crippen MR) is 118 cm³/mol. The van der Waals surface area contributed by atoms with Crippen LogP contribution in [-0.4, -0.2) is 43.4 Å². The number of aromatic nitrogens is 3. The fraction of sp³-hybridized carbons (Fsp3) is 0.435. The van der Waals surface area contributed by atoms with Gasteiger partial charge >= 0.3 is 0 Å². The van der Waals surface area contributed by atoms with Gasteiger partial charge in [-0.2, -0.15) is 0 Å². The second-order valence-corrected chi connectivity index (χ2v) is 9.23. The van der Waals surface area contributed by atoms with Gasteiger partial charge in [0.2, 0.25) is 0 Å². The molecule has 1 fully saturated rings. The number of rotatable bonds is 3. The van der Waals surface area contributed by atoms with Gasteiger partial charge in [0.05, 0.1) is 5.69 Å². The predicted octanol–water partition coefficient (Wildman–Crippen LogP) is 3.40. The molecular formula is C23H28FN5O2. The lowest BCUT2D eigenvalue weighted by molar-refractivity contribution is 0.0712. The third kappa shape index (κ3) is 4.33. The second-order valence-electron chi connectivity index (χ2n) is 9.23. The number of halogens is 1. The van der Waals surface area contributed by atoms with Gasteiger partial charge in [-0.05, 0) is 51.8 Å². The molecule has 0 saturated carbocycles. The number of hydrogen-bond acceptors (Lipinski definition) is 4. The molecule has 164 valence electrons. The van der Waals surface area contributed by atoms with Crippen LogP contribution in [0.4, 0.5) is 10.2 Å². The van der Waals surface area contributed by atoms with E-state index in [1.807, 2.05) is 0 Å². The van der Waals surface area contributed by atoms with Gasteiger partial charge in [-0.15, -0.1) is 0 Å². The summed E-state index contributed by atoms with van der Waals surface area (Å²) in [6.45, 7) is 7.33. The maximum Gasteiger partial charge on any atom is 0.254 e. The molecule has 0 spiro atoms. The van der Waals surface area contributed by atoms with Crippen LogP contribution in [0.25, 0.3) is 5.65 Å². The molecule has 1 aliphatic rings. The Hall–Kier alpha value is -3.16. The van der Waals surface area contributed by atoms with E-state index in [0.29, 0.717) is 24.3 Å². The fourth-order valence-corrected chi connectivity index (χ4v) is 4.02. The molecule has 8 heteroatoms. The van der Waals surface area contributed by atoms with E-state index in [-0.39, 0.29) is 28.7 Å². The smallest absolute Gasteiger partial charge is 0.254 e. The minimum atomic E-state index is -0.317. The van der Waals surface area contributed by atoms with E-state index in [4.69, 9.17) is 4.98 Å². The summed E-state index contributed by atoms with van der Waals surface area (Å²) in [5.41, 5.74) is 1.60. The van der Waals surface area contributed by atoms with Crippen LogP contribution in [0, 0.1) is 5.82 Å². The Labute approximate surface area is 180 Å². The normalized spacial score (nSPS) is 15.5. The van der Waals surface area contributed by atoms with Crippen molar-refractivity contribution in [3.63, 3.8) is 0 Å². The van der Waals surface area contributed by atoms with Crippen LogP contribution in [0.1, 0.15) is 55.6 Å². The summed E-state index contributed by atoms with van der Waals surface area (Å²) in [5, 5.41) is 3.48.